The molecule has 0 spiro atoms. The smallest absolute Gasteiger partial charge is 0.255 e. The number of hydrogen-bond donors (Lipinski definition) is 4. The number of amides is 2. The minimum Gasteiger partial charge on any atom is -0.350 e. The number of nitrogens with zero attached hydrogens (tertiary/aromatic N) is 3. The minimum absolute atomic E-state index is 0.224. The highest BCUT2D eigenvalue weighted by Gasteiger charge is 2.12. The molecule has 0 saturated heterocycles. The lowest BCUT2D eigenvalue weighted by Gasteiger charge is -2.14. The van der Waals surface area contributed by atoms with Crippen molar-refractivity contribution in [3.8, 4) is 0 Å². The molecule has 2 aromatic carbocycles. The standard InChI is InChI=1S/C21H19N7O2/c22-17(12-24-20(29)15-5-6-18-19(11-15)27-28-26-18)13-1-3-14(4-2-13)21(30)25-16-7-9-23-10-8-16/h1-11,17H,12,22H2,(H,24,29)(H,23,25,30)(H,26,27,28). The number of carbonyl (C=O) groups excluding carboxylic acids is 2. The van der Waals surface area contributed by atoms with Crippen LogP contribution in [-0.2, 0) is 0 Å². The molecular weight excluding hydrogens is 382 g/mol. The number of nitrogens with one attached hydrogen (secondary N) is 3. The average molecular weight is 401 g/mol. The zero-order valence-electron chi connectivity index (χ0n) is 15.9. The van der Waals surface area contributed by atoms with Crippen molar-refractivity contribution in [2.24, 2.45) is 5.73 Å². The van der Waals surface area contributed by atoms with E-state index in [-0.39, 0.29) is 18.4 Å². The summed E-state index contributed by atoms with van der Waals surface area (Å²) in [5, 5.41) is 16.1. The molecule has 5 N–H and O–H groups in total. The van der Waals surface area contributed by atoms with Crippen LogP contribution in [0.4, 0.5) is 5.69 Å². The highest BCUT2D eigenvalue weighted by molar-refractivity contribution is 6.04. The van der Waals surface area contributed by atoms with Gasteiger partial charge >= 0.3 is 0 Å². The molecule has 2 aromatic heterocycles. The zero-order chi connectivity index (χ0) is 20.9. The number of aromatic nitrogens is 4. The number of aromatic amines is 1. The topological polar surface area (TPSA) is 139 Å². The molecule has 0 aliphatic carbocycles. The van der Waals surface area contributed by atoms with Gasteiger partial charge in [-0.3, -0.25) is 14.6 Å². The first-order valence-corrected chi connectivity index (χ1v) is 9.26. The van der Waals surface area contributed by atoms with Gasteiger partial charge in [0.05, 0.1) is 0 Å². The number of anilines is 1. The molecule has 0 aliphatic rings. The van der Waals surface area contributed by atoms with Crippen molar-refractivity contribution in [1.82, 2.24) is 25.7 Å². The van der Waals surface area contributed by atoms with Crippen molar-refractivity contribution >= 4 is 28.5 Å². The molecule has 4 aromatic rings. The summed E-state index contributed by atoms with van der Waals surface area (Å²) in [5.74, 6) is -0.471. The monoisotopic (exact) mass is 401 g/mol. The number of rotatable bonds is 6. The van der Waals surface area contributed by atoms with Gasteiger partial charge in [0.1, 0.15) is 11.0 Å². The number of hydrogen-bond acceptors (Lipinski definition) is 6. The van der Waals surface area contributed by atoms with Gasteiger partial charge in [-0.15, -0.1) is 0 Å². The molecule has 2 amide bonds. The highest BCUT2D eigenvalue weighted by Crippen LogP contribution is 2.14. The summed E-state index contributed by atoms with van der Waals surface area (Å²) in [6.45, 7) is 0.248. The highest BCUT2D eigenvalue weighted by atomic mass is 16.2. The Kier molecular flexibility index (Phi) is 5.44. The van der Waals surface area contributed by atoms with Crippen LogP contribution in [0.5, 0.6) is 0 Å². The van der Waals surface area contributed by atoms with E-state index in [1.807, 2.05) is 0 Å². The third-order valence-corrected chi connectivity index (χ3v) is 4.60. The number of pyridine rings is 1. The first-order chi connectivity index (χ1) is 14.6. The molecular formula is C21H19N7O2. The first kappa shape index (κ1) is 19.2. The van der Waals surface area contributed by atoms with E-state index in [2.05, 4.69) is 31.0 Å². The second-order valence-electron chi connectivity index (χ2n) is 6.66. The lowest BCUT2D eigenvalue weighted by Crippen LogP contribution is -2.31. The molecule has 2 heterocycles. The first-order valence-electron chi connectivity index (χ1n) is 9.26. The van der Waals surface area contributed by atoms with Crippen molar-refractivity contribution in [3.63, 3.8) is 0 Å². The minimum atomic E-state index is -0.415. The average Bonchev–Trinajstić information content (AvgIpc) is 3.26. The fourth-order valence-corrected chi connectivity index (χ4v) is 2.92. The van der Waals surface area contributed by atoms with E-state index < -0.39 is 6.04 Å². The van der Waals surface area contributed by atoms with E-state index in [0.717, 1.165) is 5.56 Å². The van der Waals surface area contributed by atoms with Crippen molar-refractivity contribution in [1.29, 1.82) is 0 Å². The van der Waals surface area contributed by atoms with Crippen LogP contribution in [-0.4, -0.2) is 38.8 Å². The SMILES string of the molecule is NC(CNC(=O)c1ccc2n[nH]nc2c1)c1ccc(C(=O)Nc2ccncc2)cc1. The third kappa shape index (κ3) is 4.31. The van der Waals surface area contributed by atoms with Crippen LogP contribution < -0.4 is 16.4 Å². The molecule has 4 rings (SSSR count). The summed E-state index contributed by atoms with van der Waals surface area (Å²) in [4.78, 5) is 28.6. The Labute approximate surface area is 171 Å². The maximum atomic E-state index is 12.4. The molecule has 1 unspecified atom stereocenters. The van der Waals surface area contributed by atoms with Gasteiger partial charge in [-0.2, -0.15) is 15.4 Å². The summed E-state index contributed by atoms with van der Waals surface area (Å²) in [5.41, 5.74) is 9.97. The van der Waals surface area contributed by atoms with Gasteiger partial charge in [0.2, 0.25) is 0 Å². The van der Waals surface area contributed by atoms with E-state index in [9.17, 15) is 9.59 Å². The molecule has 0 bridgehead atoms. The van der Waals surface area contributed by atoms with Crippen molar-refractivity contribution < 1.29 is 9.59 Å². The number of benzene rings is 2. The Morgan fingerprint density at radius 1 is 0.900 bits per heavy atom. The summed E-state index contributed by atoms with van der Waals surface area (Å²) in [7, 11) is 0. The van der Waals surface area contributed by atoms with Gasteiger partial charge in [0, 0.05) is 41.8 Å². The van der Waals surface area contributed by atoms with Crippen LogP contribution in [0.2, 0.25) is 0 Å². The summed E-state index contributed by atoms with van der Waals surface area (Å²) in [6.07, 6.45) is 3.21. The molecule has 150 valence electrons. The summed E-state index contributed by atoms with van der Waals surface area (Å²) < 4.78 is 0. The molecule has 0 fully saturated rings. The molecule has 9 nitrogen and oxygen atoms in total. The van der Waals surface area contributed by atoms with E-state index in [4.69, 9.17) is 5.73 Å². The van der Waals surface area contributed by atoms with Crippen LogP contribution in [0.1, 0.15) is 32.3 Å². The molecule has 0 saturated carbocycles. The number of fused-ring (bicyclic) bond motifs is 1. The number of nitrogens with two attached hydrogens (primary N) is 1. The second-order valence-corrected chi connectivity index (χ2v) is 6.66. The molecule has 9 heteroatoms. The molecule has 0 aliphatic heterocycles. The number of carbonyl (C=O) groups is 2. The van der Waals surface area contributed by atoms with Gasteiger partial charge in [-0.25, -0.2) is 0 Å². The van der Waals surface area contributed by atoms with Crippen molar-refractivity contribution in [2.45, 2.75) is 6.04 Å². The van der Waals surface area contributed by atoms with E-state index in [1.165, 1.54) is 0 Å². The predicted octanol–water partition coefficient (Wildman–Crippen LogP) is 2.03. The van der Waals surface area contributed by atoms with Crippen LogP contribution in [0.15, 0.2) is 67.0 Å². The Morgan fingerprint density at radius 2 is 1.60 bits per heavy atom. The lowest BCUT2D eigenvalue weighted by molar-refractivity contribution is 0.0950. The Hall–Kier alpha value is -4.11. The van der Waals surface area contributed by atoms with Gasteiger partial charge < -0.3 is 16.4 Å². The second kappa shape index (κ2) is 8.50. The van der Waals surface area contributed by atoms with E-state index >= 15 is 0 Å². The Bertz CT molecular complexity index is 1170. The maximum Gasteiger partial charge on any atom is 0.255 e. The largest absolute Gasteiger partial charge is 0.350 e. The zero-order valence-corrected chi connectivity index (χ0v) is 15.9. The molecule has 1 atom stereocenters. The summed E-state index contributed by atoms with van der Waals surface area (Å²) >= 11 is 0. The van der Waals surface area contributed by atoms with Crippen LogP contribution in [0.3, 0.4) is 0 Å². The van der Waals surface area contributed by atoms with Gasteiger partial charge in [0.25, 0.3) is 11.8 Å². The summed E-state index contributed by atoms with van der Waals surface area (Å²) in [6, 6.07) is 15.0. The molecule has 0 radical (unpaired) electrons. The Balaban J connectivity index is 1.34. The quantitative estimate of drug-likeness (QED) is 0.390. The third-order valence-electron chi connectivity index (χ3n) is 4.60. The normalized spacial score (nSPS) is 11.8. The fourth-order valence-electron chi connectivity index (χ4n) is 2.92. The van der Waals surface area contributed by atoms with Gasteiger partial charge in [-0.05, 0) is 48.0 Å². The van der Waals surface area contributed by atoms with Gasteiger partial charge in [-0.1, -0.05) is 12.1 Å². The molecule has 30 heavy (non-hydrogen) atoms. The Morgan fingerprint density at radius 3 is 2.37 bits per heavy atom. The van der Waals surface area contributed by atoms with Gasteiger partial charge in [0.15, 0.2) is 0 Å². The fraction of sp³-hybridized carbons (Fsp3) is 0.0952. The van der Waals surface area contributed by atoms with Crippen molar-refractivity contribution in [3.05, 3.63) is 83.7 Å². The van der Waals surface area contributed by atoms with Crippen LogP contribution >= 0.6 is 0 Å². The van der Waals surface area contributed by atoms with E-state index in [1.54, 1.807) is 67.0 Å². The van der Waals surface area contributed by atoms with Crippen LogP contribution in [0.25, 0.3) is 11.0 Å². The predicted molar refractivity (Wildman–Crippen MR) is 112 cm³/mol. The van der Waals surface area contributed by atoms with Crippen molar-refractivity contribution in [2.75, 3.05) is 11.9 Å². The van der Waals surface area contributed by atoms with Crippen LogP contribution in [0, 0.1) is 0 Å². The maximum absolute atomic E-state index is 12.4. The lowest BCUT2D eigenvalue weighted by atomic mass is 10.0. The van der Waals surface area contributed by atoms with E-state index in [0.29, 0.717) is 27.8 Å². The number of H-pyrrole nitrogens is 1.